The van der Waals surface area contributed by atoms with Crippen LogP contribution in [0.4, 0.5) is 0 Å². The monoisotopic (exact) mass is 786 g/mol. The van der Waals surface area contributed by atoms with Crippen LogP contribution in [0.3, 0.4) is 0 Å². The van der Waals surface area contributed by atoms with Crippen molar-refractivity contribution in [2.24, 2.45) is 4.99 Å². The lowest BCUT2D eigenvalue weighted by molar-refractivity contribution is -0.157. The van der Waals surface area contributed by atoms with Gasteiger partial charge in [-0.2, -0.15) is 0 Å². The highest BCUT2D eigenvalue weighted by atomic mass is 31.2. The Hall–Kier alpha value is -3.02. The number of ether oxygens (including phenoxy) is 3. The number of hydrogen-bond donors (Lipinski definition) is 5. The van der Waals surface area contributed by atoms with Crippen LogP contribution >= 0.6 is 7.82 Å². The first-order valence-corrected chi connectivity index (χ1v) is 20.6. The topological polar surface area (TPSA) is 222 Å². The molecule has 18 heteroatoms. The number of phosphoric acid groups is 1. The van der Waals surface area contributed by atoms with Gasteiger partial charge in [0.1, 0.15) is 5.75 Å². The second-order valence-electron chi connectivity index (χ2n) is 13.4. The van der Waals surface area contributed by atoms with Crippen molar-refractivity contribution < 1.29 is 52.6 Å². The minimum absolute atomic E-state index is 0.143. The first kappa shape index (κ1) is 47.1. The summed E-state index contributed by atoms with van der Waals surface area (Å²) < 4.78 is 32.7. The summed E-state index contributed by atoms with van der Waals surface area (Å²) in [4.78, 5) is 71.1. The van der Waals surface area contributed by atoms with E-state index in [1.807, 2.05) is 25.7 Å². The van der Waals surface area contributed by atoms with Gasteiger partial charge in [-0.25, -0.2) is 4.57 Å². The number of rotatable bonds is 22. The fourth-order valence-corrected chi connectivity index (χ4v) is 6.02. The van der Waals surface area contributed by atoms with E-state index in [2.05, 4.69) is 30.0 Å². The van der Waals surface area contributed by atoms with Gasteiger partial charge in [-0.05, 0) is 26.2 Å². The van der Waals surface area contributed by atoms with Gasteiger partial charge in [0, 0.05) is 75.9 Å². The molecule has 1 aromatic heterocycles. The van der Waals surface area contributed by atoms with Crippen LogP contribution in [0.15, 0.2) is 11.2 Å². The van der Waals surface area contributed by atoms with Crippen molar-refractivity contribution in [1.82, 2.24) is 25.4 Å². The SMILES string of the molecule is CCCCOC(=O)CN1CCN(CCN=Cc2c(COP(=O)(O)O)cnc(C)c2O)CCNCCNCC1(CC(=O)OCCCC)CC(=O)OCCCC. The van der Waals surface area contributed by atoms with Crippen LogP contribution < -0.4 is 10.6 Å². The number of nitrogens with one attached hydrogen (secondary N) is 2. The Morgan fingerprint density at radius 1 is 0.907 bits per heavy atom. The number of aryl methyl sites for hydroxylation is 1. The molecule has 1 aromatic rings. The molecule has 0 aromatic carbocycles. The van der Waals surface area contributed by atoms with Gasteiger partial charge in [0.25, 0.3) is 0 Å². The Morgan fingerprint density at radius 2 is 1.50 bits per heavy atom. The molecule has 0 radical (unpaired) electrons. The van der Waals surface area contributed by atoms with Gasteiger partial charge >= 0.3 is 25.7 Å². The summed E-state index contributed by atoms with van der Waals surface area (Å²) in [5.41, 5.74) is -0.344. The average Bonchev–Trinajstić information content (AvgIpc) is 3.11. The maximum absolute atomic E-state index is 13.4. The van der Waals surface area contributed by atoms with E-state index >= 15 is 0 Å². The predicted molar refractivity (Wildman–Crippen MR) is 203 cm³/mol. The molecule has 0 spiro atoms. The van der Waals surface area contributed by atoms with Crippen molar-refractivity contribution in [2.45, 2.75) is 91.2 Å². The summed E-state index contributed by atoms with van der Waals surface area (Å²) in [7, 11) is -4.76. The van der Waals surface area contributed by atoms with Crippen molar-refractivity contribution in [3.63, 3.8) is 0 Å². The first-order chi connectivity index (χ1) is 25.8. The molecule has 2 rings (SSSR count). The Labute approximate surface area is 319 Å². The minimum Gasteiger partial charge on any atom is -0.505 e. The normalized spacial score (nSPS) is 16.4. The molecule has 54 heavy (non-hydrogen) atoms. The maximum atomic E-state index is 13.4. The first-order valence-electron chi connectivity index (χ1n) is 19.1. The molecule has 0 aliphatic carbocycles. The molecule has 0 amide bonds. The van der Waals surface area contributed by atoms with Gasteiger partial charge in [0.05, 0.1) is 63.6 Å². The van der Waals surface area contributed by atoms with Crippen LogP contribution in [0.5, 0.6) is 5.75 Å². The number of phosphoric ester groups is 1. The molecule has 1 aliphatic rings. The van der Waals surface area contributed by atoms with Crippen molar-refractivity contribution >= 4 is 31.9 Å². The predicted octanol–water partition coefficient (Wildman–Crippen LogP) is 2.47. The summed E-state index contributed by atoms with van der Waals surface area (Å²) in [6.07, 6.45) is 7.19. The third kappa shape index (κ3) is 18.5. The molecule has 17 nitrogen and oxygen atoms in total. The van der Waals surface area contributed by atoms with Crippen molar-refractivity contribution in [2.75, 3.05) is 85.3 Å². The lowest BCUT2D eigenvalue weighted by atomic mass is 9.88. The molecule has 308 valence electrons. The summed E-state index contributed by atoms with van der Waals surface area (Å²) in [6.45, 7) is 11.9. The Bertz CT molecular complexity index is 1340. The third-order valence-corrected chi connectivity index (χ3v) is 9.42. The van der Waals surface area contributed by atoms with Gasteiger partial charge in [0.2, 0.25) is 0 Å². The molecule has 0 unspecified atom stereocenters. The zero-order chi connectivity index (χ0) is 39.8. The van der Waals surface area contributed by atoms with Gasteiger partial charge in [-0.1, -0.05) is 40.0 Å². The number of nitrogens with zero attached hydrogens (tertiary/aromatic N) is 4. The number of esters is 3. The van der Waals surface area contributed by atoms with Crippen molar-refractivity contribution in [3.05, 3.63) is 23.0 Å². The van der Waals surface area contributed by atoms with E-state index in [9.17, 15) is 33.8 Å². The lowest BCUT2D eigenvalue weighted by Gasteiger charge is -2.43. The molecule has 1 fully saturated rings. The van der Waals surface area contributed by atoms with Crippen LogP contribution in [0.1, 0.15) is 89.0 Å². The average molecular weight is 787 g/mol. The molecule has 2 heterocycles. The number of carbonyl (C=O) groups excluding carboxylic acids is 3. The fourth-order valence-electron chi connectivity index (χ4n) is 5.72. The molecular formula is C36H63N6O11P. The zero-order valence-corrected chi connectivity index (χ0v) is 33.4. The standard InChI is InChI=1S/C36H63N6O11P/c1-5-8-19-50-32(43)22-36(23-33(44)51-20-9-6-2)28-39-12-11-37-13-15-41(17-18-42(36)26-34(45)52-21-10-7-3)16-14-38-25-31-30(27-53-54(47,48)49)24-40-29(4)35(31)46/h24-25,37,39,46H,5-23,26-28H2,1-4H3,(H2,47,48,49). The molecular weight excluding hydrogens is 723 g/mol. The smallest absolute Gasteiger partial charge is 0.469 e. The van der Waals surface area contributed by atoms with Crippen LogP contribution in [-0.2, 0) is 44.3 Å². The van der Waals surface area contributed by atoms with Gasteiger partial charge in [0.15, 0.2) is 0 Å². The number of carbonyl (C=O) groups is 3. The zero-order valence-electron chi connectivity index (χ0n) is 32.6. The largest absolute Gasteiger partial charge is 0.505 e. The molecule has 0 atom stereocenters. The van der Waals surface area contributed by atoms with Crippen molar-refractivity contribution in [1.29, 1.82) is 0 Å². The maximum Gasteiger partial charge on any atom is 0.469 e. The van der Waals surface area contributed by atoms with E-state index in [-0.39, 0.29) is 62.6 Å². The molecule has 1 aliphatic heterocycles. The fraction of sp³-hybridized carbons (Fsp3) is 0.750. The molecule has 5 N–H and O–H groups in total. The summed E-state index contributed by atoms with van der Waals surface area (Å²) in [5.74, 6) is -1.56. The second kappa shape index (κ2) is 25.9. The Kier molecular flexibility index (Phi) is 22.6. The second-order valence-corrected chi connectivity index (χ2v) is 14.7. The van der Waals surface area contributed by atoms with Crippen LogP contribution in [0.25, 0.3) is 0 Å². The van der Waals surface area contributed by atoms with E-state index < -0.39 is 37.9 Å². The van der Waals surface area contributed by atoms with E-state index in [0.717, 1.165) is 19.3 Å². The quantitative estimate of drug-likeness (QED) is 0.0375. The Balaban J connectivity index is 2.41. The summed E-state index contributed by atoms with van der Waals surface area (Å²) in [6, 6.07) is 0. The lowest BCUT2D eigenvalue weighted by Crippen LogP contribution is -2.61. The van der Waals surface area contributed by atoms with E-state index in [1.165, 1.54) is 12.4 Å². The van der Waals surface area contributed by atoms with Gasteiger partial charge in [-0.3, -0.25) is 38.7 Å². The van der Waals surface area contributed by atoms with Crippen molar-refractivity contribution in [3.8, 4) is 5.75 Å². The van der Waals surface area contributed by atoms with Crippen LogP contribution in [0, 0.1) is 6.92 Å². The highest BCUT2D eigenvalue weighted by molar-refractivity contribution is 7.46. The molecule has 0 bridgehead atoms. The molecule has 1 saturated heterocycles. The van der Waals surface area contributed by atoms with Gasteiger partial charge in [-0.15, -0.1) is 0 Å². The number of aromatic nitrogens is 1. The van der Waals surface area contributed by atoms with Crippen LogP contribution in [-0.4, -0.2) is 145 Å². The van der Waals surface area contributed by atoms with E-state index in [4.69, 9.17) is 14.2 Å². The van der Waals surface area contributed by atoms with Crippen LogP contribution in [0.2, 0.25) is 0 Å². The third-order valence-electron chi connectivity index (χ3n) is 8.96. The number of unbranched alkanes of at least 4 members (excludes halogenated alkanes) is 3. The number of aromatic hydroxyl groups is 1. The number of hydrogen-bond acceptors (Lipinski definition) is 15. The van der Waals surface area contributed by atoms with Gasteiger partial charge < -0.3 is 39.7 Å². The highest BCUT2D eigenvalue weighted by Gasteiger charge is 2.43. The molecule has 0 saturated carbocycles. The minimum atomic E-state index is -4.76. The Morgan fingerprint density at radius 3 is 2.09 bits per heavy atom. The number of aliphatic imine (C=N–C) groups is 1. The summed E-state index contributed by atoms with van der Waals surface area (Å²) in [5, 5.41) is 17.5. The number of pyridine rings is 1. The summed E-state index contributed by atoms with van der Waals surface area (Å²) >= 11 is 0. The van der Waals surface area contributed by atoms with E-state index in [1.54, 1.807) is 6.92 Å². The highest BCUT2D eigenvalue weighted by Crippen LogP contribution is 2.37. The van der Waals surface area contributed by atoms with E-state index in [0.29, 0.717) is 77.3 Å².